The molecule has 0 bridgehead atoms. The zero-order chi connectivity index (χ0) is 20.6. The first kappa shape index (κ1) is 19.4. The van der Waals surface area contributed by atoms with Crippen LogP contribution in [0.5, 0.6) is 0 Å². The van der Waals surface area contributed by atoms with Crippen LogP contribution in [0.15, 0.2) is 58.8 Å². The molecule has 2 heterocycles. The summed E-state index contributed by atoms with van der Waals surface area (Å²) in [5.41, 5.74) is 2.16. The number of aromatic nitrogens is 3. The van der Waals surface area contributed by atoms with Gasteiger partial charge >= 0.3 is 0 Å². The normalized spacial score (nSPS) is 11.5. The van der Waals surface area contributed by atoms with E-state index in [1.807, 2.05) is 17.5 Å². The van der Waals surface area contributed by atoms with Crippen molar-refractivity contribution in [2.75, 3.05) is 10.0 Å². The summed E-state index contributed by atoms with van der Waals surface area (Å²) in [6.45, 7) is 1.38. The SMILES string of the molecule is CC(=O)Nc1ccc(S(=O)(=O)Nc2nc3scc(-c4ccc(Cl)cc4)n3n2)cc1. The van der Waals surface area contributed by atoms with E-state index < -0.39 is 10.0 Å². The number of amides is 1. The van der Waals surface area contributed by atoms with Gasteiger partial charge in [0.15, 0.2) is 0 Å². The molecule has 148 valence electrons. The van der Waals surface area contributed by atoms with E-state index in [1.54, 1.807) is 16.6 Å². The molecule has 0 atom stereocenters. The number of sulfonamides is 1. The Labute approximate surface area is 175 Å². The fourth-order valence-corrected chi connectivity index (χ4v) is 4.54. The molecule has 2 aromatic carbocycles. The van der Waals surface area contributed by atoms with Gasteiger partial charge in [0, 0.05) is 28.6 Å². The standard InChI is InChI=1S/C18H14ClN5O3S2/c1-11(25)20-14-6-8-15(9-7-14)29(26,27)23-17-21-18-24(22-17)16(10-28-18)12-2-4-13(19)5-3-12/h2-10H,1H3,(H,20,25)(H,22,23). The van der Waals surface area contributed by atoms with Crippen LogP contribution in [0, 0.1) is 0 Å². The van der Waals surface area contributed by atoms with Crippen LogP contribution in [0.2, 0.25) is 5.02 Å². The second kappa shape index (κ2) is 7.47. The van der Waals surface area contributed by atoms with Crippen LogP contribution in [-0.2, 0) is 14.8 Å². The summed E-state index contributed by atoms with van der Waals surface area (Å²) in [6.07, 6.45) is 0. The summed E-state index contributed by atoms with van der Waals surface area (Å²) in [7, 11) is -3.88. The maximum absolute atomic E-state index is 12.6. The van der Waals surface area contributed by atoms with Crippen molar-refractivity contribution >= 4 is 55.5 Å². The number of halogens is 1. The Hall–Kier alpha value is -2.95. The highest BCUT2D eigenvalue weighted by molar-refractivity contribution is 7.92. The predicted molar refractivity (Wildman–Crippen MR) is 113 cm³/mol. The molecule has 0 unspecified atom stereocenters. The third-order valence-electron chi connectivity index (χ3n) is 3.93. The Morgan fingerprint density at radius 3 is 2.45 bits per heavy atom. The summed E-state index contributed by atoms with van der Waals surface area (Å²) in [4.78, 5) is 15.9. The first-order chi connectivity index (χ1) is 13.8. The predicted octanol–water partition coefficient (Wildman–Crippen LogP) is 3.87. The van der Waals surface area contributed by atoms with Crippen LogP contribution < -0.4 is 10.0 Å². The topological polar surface area (TPSA) is 105 Å². The summed E-state index contributed by atoms with van der Waals surface area (Å²) in [5, 5.41) is 9.37. The van der Waals surface area contributed by atoms with E-state index >= 15 is 0 Å². The van der Waals surface area contributed by atoms with Gasteiger partial charge in [-0.15, -0.1) is 16.4 Å². The summed E-state index contributed by atoms with van der Waals surface area (Å²) >= 11 is 7.28. The van der Waals surface area contributed by atoms with Gasteiger partial charge in [0.05, 0.1) is 10.6 Å². The molecular weight excluding hydrogens is 434 g/mol. The van der Waals surface area contributed by atoms with E-state index in [0.717, 1.165) is 11.3 Å². The fourth-order valence-electron chi connectivity index (χ4n) is 2.64. The first-order valence-electron chi connectivity index (χ1n) is 8.32. The smallest absolute Gasteiger partial charge is 0.264 e. The third-order valence-corrected chi connectivity index (χ3v) is 6.34. The van der Waals surface area contributed by atoms with E-state index in [-0.39, 0.29) is 16.8 Å². The number of nitrogens with one attached hydrogen (secondary N) is 2. The summed E-state index contributed by atoms with van der Waals surface area (Å²) < 4.78 is 29.2. The number of carbonyl (C=O) groups is 1. The lowest BCUT2D eigenvalue weighted by molar-refractivity contribution is -0.114. The molecule has 0 fully saturated rings. The minimum absolute atomic E-state index is 0.0296. The number of benzene rings is 2. The molecule has 4 aromatic rings. The molecule has 29 heavy (non-hydrogen) atoms. The van der Waals surface area contributed by atoms with E-state index in [0.29, 0.717) is 15.7 Å². The Kier molecular flexibility index (Phi) is 4.99. The Morgan fingerprint density at radius 1 is 1.10 bits per heavy atom. The van der Waals surface area contributed by atoms with Crippen LogP contribution in [0.4, 0.5) is 11.6 Å². The maximum atomic E-state index is 12.6. The number of hydrogen-bond acceptors (Lipinski definition) is 6. The highest BCUT2D eigenvalue weighted by atomic mass is 35.5. The molecule has 2 N–H and O–H groups in total. The number of rotatable bonds is 5. The molecule has 0 aliphatic carbocycles. The quantitative estimate of drug-likeness (QED) is 0.483. The highest BCUT2D eigenvalue weighted by Gasteiger charge is 2.19. The fraction of sp³-hybridized carbons (Fsp3) is 0.0556. The Balaban J connectivity index is 1.60. The van der Waals surface area contributed by atoms with Crippen LogP contribution in [0.25, 0.3) is 16.2 Å². The molecule has 0 saturated carbocycles. The van der Waals surface area contributed by atoms with Gasteiger partial charge in [-0.05, 0) is 36.4 Å². The zero-order valence-electron chi connectivity index (χ0n) is 15.0. The molecule has 0 saturated heterocycles. The van der Waals surface area contributed by atoms with Gasteiger partial charge < -0.3 is 5.32 Å². The lowest BCUT2D eigenvalue weighted by Gasteiger charge is -2.06. The molecule has 4 rings (SSSR count). The van der Waals surface area contributed by atoms with Crippen molar-refractivity contribution in [1.82, 2.24) is 14.6 Å². The van der Waals surface area contributed by atoms with Crippen molar-refractivity contribution < 1.29 is 13.2 Å². The lowest BCUT2D eigenvalue weighted by atomic mass is 10.2. The molecule has 2 aromatic heterocycles. The average Bonchev–Trinajstić information content (AvgIpc) is 3.22. The van der Waals surface area contributed by atoms with Crippen LogP contribution in [0.1, 0.15) is 6.92 Å². The van der Waals surface area contributed by atoms with E-state index in [9.17, 15) is 13.2 Å². The Morgan fingerprint density at radius 2 is 1.79 bits per heavy atom. The van der Waals surface area contributed by atoms with Crippen molar-refractivity contribution in [2.24, 2.45) is 0 Å². The molecule has 0 radical (unpaired) electrons. The van der Waals surface area contributed by atoms with Crippen molar-refractivity contribution in [3.63, 3.8) is 0 Å². The molecule has 8 nitrogen and oxygen atoms in total. The Bertz CT molecular complexity index is 1300. The first-order valence-corrected chi connectivity index (χ1v) is 11.1. The zero-order valence-corrected chi connectivity index (χ0v) is 17.3. The second-order valence-electron chi connectivity index (χ2n) is 6.07. The number of fused-ring (bicyclic) bond motifs is 1. The molecule has 0 spiro atoms. The number of nitrogens with zero attached hydrogens (tertiary/aromatic N) is 3. The number of thiazole rings is 1. The minimum atomic E-state index is -3.88. The van der Waals surface area contributed by atoms with E-state index in [1.165, 1.54) is 42.5 Å². The minimum Gasteiger partial charge on any atom is -0.326 e. The highest BCUT2D eigenvalue weighted by Crippen LogP contribution is 2.27. The van der Waals surface area contributed by atoms with Crippen LogP contribution >= 0.6 is 22.9 Å². The molecule has 0 aliphatic heterocycles. The van der Waals surface area contributed by atoms with Gasteiger partial charge in [-0.25, -0.2) is 17.7 Å². The van der Waals surface area contributed by atoms with Crippen LogP contribution in [-0.4, -0.2) is 28.9 Å². The average molecular weight is 448 g/mol. The number of carbonyl (C=O) groups excluding carboxylic acids is 1. The molecule has 1 amide bonds. The monoisotopic (exact) mass is 447 g/mol. The van der Waals surface area contributed by atoms with Crippen molar-refractivity contribution in [2.45, 2.75) is 11.8 Å². The van der Waals surface area contributed by atoms with Gasteiger partial charge in [-0.3, -0.25) is 4.79 Å². The molecular formula is C18H14ClN5O3S2. The molecule has 11 heteroatoms. The summed E-state index contributed by atoms with van der Waals surface area (Å²) in [6, 6.07) is 13.0. The van der Waals surface area contributed by atoms with Gasteiger partial charge in [0.2, 0.25) is 10.9 Å². The van der Waals surface area contributed by atoms with Gasteiger partial charge in [0.1, 0.15) is 0 Å². The van der Waals surface area contributed by atoms with Crippen molar-refractivity contribution in [3.05, 3.63) is 58.9 Å². The van der Waals surface area contributed by atoms with E-state index in [4.69, 9.17) is 11.6 Å². The summed E-state index contributed by atoms with van der Waals surface area (Å²) in [5.74, 6) is -0.268. The third kappa shape index (κ3) is 4.09. The van der Waals surface area contributed by atoms with E-state index in [2.05, 4.69) is 20.1 Å². The van der Waals surface area contributed by atoms with Crippen LogP contribution in [0.3, 0.4) is 0 Å². The van der Waals surface area contributed by atoms with Gasteiger partial charge in [0.25, 0.3) is 16.0 Å². The van der Waals surface area contributed by atoms with Crippen molar-refractivity contribution in [3.8, 4) is 11.3 Å². The van der Waals surface area contributed by atoms with Crippen molar-refractivity contribution in [1.29, 1.82) is 0 Å². The lowest BCUT2D eigenvalue weighted by Crippen LogP contribution is -2.14. The second-order valence-corrected chi connectivity index (χ2v) is 9.02. The number of hydrogen-bond donors (Lipinski definition) is 2. The largest absolute Gasteiger partial charge is 0.326 e. The number of anilines is 2. The van der Waals surface area contributed by atoms with Gasteiger partial charge in [-0.1, -0.05) is 23.7 Å². The molecule has 0 aliphatic rings. The maximum Gasteiger partial charge on any atom is 0.264 e. The van der Waals surface area contributed by atoms with Gasteiger partial charge in [-0.2, -0.15) is 4.98 Å².